The number of amides is 3. The molecule has 2 bridgehead atoms. The second-order valence-corrected chi connectivity index (χ2v) is 9.40. The Bertz CT molecular complexity index is 956. The fourth-order valence-corrected chi connectivity index (χ4v) is 3.95. The molecule has 1 aromatic carbocycles. The summed E-state index contributed by atoms with van der Waals surface area (Å²) in [5.41, 5.74) is 7.05. The number of rotatable bonds is 5. The van der Waals surface area contributed by atoms with Crippen molar-refractivity contribution < 1.29 is 19.1 Å². The average Bonchev–Trinajstić information content (AvgIpc) is 3.35. The van der Waals surface area contributed by atoms with Gasteiger partial charge in [0.15, 0.2) is 0 Å². The molecule has 2 heterocycles. The second-order valence-electron chi connectivity index (χ2n) is 9.40. The Morgan fingerprint density at radius 3 is 2.49 bits per heavy atom. The highest BCUT2D eigenvalue weighted by Gasteiger charge is 2.28. The summed E-state index contributed by atoms with van der Waals surface area (Å²) >= 11 is 0. The van der Waals surface area contributed by atoms with Gasteiger partial charge in [-0.15, -0.1) is 0 Å². The van der Waals surface area contributed by atoms with Crippen LogP contribution in [0, 0.1) is 11.8 Å². The monoisotopic (exact) mass is 480 g/mol. The van der Waals surface area contributed by atoms with Crippen molar-refractivity contribution in [3.05, 3.63) is 66.3 Å². The summed E-state index contributed by atoms with van der Waals surface area (Å²) in [6.07, 6.45) is 12.6. The zero-order chi connectivity index (χ0) is 25.2. The van der Waals surface area contributed by atoms with E-state index in [1.54, 1.807) is 0 Å². The molecule has 3 amide bonds. The van der Waals surface area contributed by atoms with Crippen molar-refractivity contribution in [1.29, 1.82) is 0 Å². The van der Waals surface area contributed by atoms with Crippen molar-refractivity contribution in [2.75, 3.05) is 13.2 Å². The molecule has 0 fully saturated rings. The van der Waals surface area contributed by atoms with Crippen molar-refractivity contribution in [3.8, 4) is 5.75 Å². The van der Waals surface area contributed by atoms with Crippen molar-refractivity contribution in [3.63, 3.8) is 0 Å². The maximum absolute atomic E-state index is 13.2. The molecular weight excluding hydrogens is 444 g/mol. The number of carbonyl (C=O) groups excluding carboxylic acids is 3. The standard InChI is InChI=1S/C27H36N4O4/c1-18(2)15-24-27(34)30-23(26(33)29-17-20-7-3-4-8-20)9-5-6-14-35-21-12-10-19(11-13-21)16-22(28)25(32)31-24/h3-8,10-13,18,20,22-24H,9,14-17,28H2,1-2H3,(H,29,33)(H,30,34)(H,31,32)/b6-5-/t22-,23-,24-/m0/s1. The fourth-order valence-electron chi connectivity index (χ4n) is 3.95. The third kappa shape index (κ3) is 8.40. The van der Waals surface area contributed by atoms with E-state index < -0.39 is 29.9 Å². The molecule has 8 heteroatoms. The van der Waals surface area contributed by atoms with Gasteiger partial charge in [0.2, 0.25) is 17.7 Å². The highest BCUT2D eigenvalue weighted by atomic mass is 16.5. The molecule has 0 unspecified atom stereocenters. The van der Waals surface area contributed by atoms with E-state index in [2.05, 4.69) is 16.0 Å². The van der Waals surface area contributed by atoms with E-state index in [1.807, 2.05) is 74.6 Å². The van der Waals surface area contributed by atoms with Gasteiger partial charge in [0.1, 0.15) is 24.4 Å². The van der Waals surface area contributed by atoms with Gasteiger partial charge >= 0.3 is 0 Å². The van der Waals surface area contributed by atoms with Crippen LogP contribution in [0.3, 0.4) is 0 Å². The molecule has 0 saturated heterocycles. The molecule has 0 spiro atoms. The molecule has 35 heavy (non-hydrogen) atoms. The van der Waals surface area contributed by atoms with Crippen LogP contribution in [0.25, 0.3) is 0 Å². The van der Waals surface area contributed by atoms with E-state index in [9.17, 15) is 14.4 Å². The Balaban J connectivity index is 1.78. The summed E-state index contributed by atoms with van der Waals surface area (Å²) < 4.78 is 5.72. The van der Waals surface area contributed by atoms with Crippen molar-refractivity contribution in [1.82, 2.24) is 16.0 Å². The van der Waals surface area contributed by atoms with Gasteiger partial charge < -0.3 is 26.4 Å². The fraction of sp³-hybridized carbons (Fsp3) is 0.444. The van der Waals surface area contributed by atoms with Crippen LogP contribution in [-0.4, -0.2) is 49.0 Å². The third-order valence-corrected chi connectivity index (χ3v) is 5.91. The molecule has 0 saturated carbocycles. The van der Waals surface area contributed by atoms with Crippen LogP contribution >= 0.6 is 0 Å². The average molecular weight is 481 g/mol. The predicted molar refractivity (Wildman–Crippen MR) is 135 cm³/mol. The summed E-state index contributed by atoms with van der Waals surface area (Å²) in [4.78, 5) is 39.0. The molecule has 0 radical (unpaired) electrons. The van der Waals surface area contributed by atoms with E-state index in [1.165, 1.54) is 0 Å². The van der Waals surface area contributed by atoms with Crippen molar-refractivity contribution >= 4 is 17.7 Å². The normalized spacial score (nSPS) is 24.5. The highest BCUT2D eigenvalue weighted by molar-refractivity contribution is 5.93. The van der Waals surface area contributed by atoms with Crippen LogP contribution in [0.1, 0.15) is 32.3 Å². The number of carbonyl (C=O) groups is 3. The van der Waals surface area contributed by atoms with Gasteiger partial charge in [0.05, 0.1) is 6.04 Å². The van der Waals surface area contributed by atoms with Gasteiger partial charge in [-0.05, 0) is 42.9 Å². The Kier molecular flexibility index (Phi) is 9.66. The number of ether oxygens (including phenoxy) is 1. The van der Waals surface area contributed by atoms with E-state index in [0.717, 1.165) is 5.56 Å². The number of benzene rings is 1. The zero-order valence-corrected chi connectivity index (χ0v) is 20.4. The Labute approximate surface area is 207 Å². The van der Waals surface area contributed by atoms with E-state index in [4.69, 9.17) is 10.5 Å². The van der Waals surface area contributed by atoms with Crippen LogP contribution in [-0.2, 0) is 20.8 Å². The maximum Gasteiger partial charge on any atom is 0.243 e. The minimum absolute atomic E-state index is 0.134. The van der Waals surface area contributed by atoms with Crippen LogP contribution in [0.5, 0.6) is 5.75 Å². The zero-order valence-electron chi connectivity index (χ0n) is 20.4. The molecule has 1 aromatic rings. The first-order valence-electron chi connectivity index (χ1n) is 12.2. The second kappa shape index (κ2) is 12.9. The first kappa shape index (κ1) is 26.2. The van der Waals surface area contributed by atoms with Gasteiger partial charge in [-0.1, -0.05) is 62.4 Å². The smallest absolute Gasteiger partial charge is 0.243 e. The Hall–Kier alpha value is -3.39. The summed E-state index contributed by atoms with van der Waals surface area (Å²) in [7, 11) is 0. The lowest BCUT2D eigenvalue weighted by Crippen LogP contribution is -2.56. The molecule has 2 aliphatic heterocycles. The first-order chi connectivity index (χ1) is 16.8. The summed E-state index contributed by atoms with van der Waals surface area (Å²) in [5, 5.41) is 8.55. The highest BCUT2D eigenvalue weighted by Crippen LogP contribution is 2.14. The summed E-state index contributed by atoms with van der Waals surface area (Å²) in [5.74, 6) is -0.118. The van der Waals surface area contributed by atoms with E-state index >= 15 is 0 Å². The number of hydrogen-bond donors (Lipinski definition) is 4. The third-order valence-electron chi connectivity index (χ3n) is 5.91. The number of allylic oxidation sites excluding steroid dienone is 2. The molecule has 0 aromatic heterocycles. The number of hydrogen-bond acceptors (Lipinski definition) is 5. The largest absolute Gasteiger partial charge is 0.490 e. The van der Waals surface area contributed by atoms with Gasteiger partial charge in [-0.2, -0.15) is 0 Å². The molecular formula is C27H36N4O4. The Morgan fingerprint density at radius 2 is 1.80 bits per heavy atom. The molecule has 8 nitrogen and oxygen atoms in total. The van der Waals surface area contributed by atoms with Gasteiger partial charge in [0, 0.05) is 12.5 Å². The lowest BCUT2D eigenvalue weighted by Gasteiger charge is -2.25. The van der Waals surface area contributed by atoms with Gasteiger partial charge in [-0.25, -0.2) is 0 Å². The minimum atomic E-state index is -0.812. The molecule has 188 valence electrons. The van der Waals surface area contributed by atoms with E-state index in [0.29, 0.717) is 31.7 Å². The predicted octanol–water partition coefficient (Wildman–Crippen LogP) is 1.77. The molecule has 3 aliphatic rings. The lowest BCUT2D eigenvalue weighted by molar-refractivity contribution is -0.132. The summed E-state index contributed by atoms with van der Waals surface area (Å²) in [6, 6.07) is 5.02. The van der Waals surface area contributed by atoms with Crippen LogP contribution < -0.4 is 26.4 Å². The van der Waals surface area contributed by atoms with E-state index in [-0.39, 0.29) is 24.2 Å². The number of fused-ring (bicyclic) bond motifs is 13. The summed E-state index contributed by atoms with van der Waals surface area (Å²) in [6.45, 7) is 4.72. The topological polar surface area (TPSA) is 123 Å². The maximum atomic E-state index is 13.2. The van der Waals surface area contributed by atoms with Crippen molar-refractivity contribution in [2.45, 2.75) is 51.2 Å². The van der Waals surface area contributed by atoms with Crippen LogP contribution in [0.4, 0.5) is 0 Å². The van der Waals surface area contributed by atoms with Gasteiger partial charge in [-0.3, -0.25) is 14.4 Å². The first-order valence-corrected chi connectivity index (χ1v) is 12.2. The number of nitrogens with one attached hydrogen (secondary N) is 3. The van der Waals surface area contributed by atoms with Crippen LogP contribution in [0.2, 0.25) is 0 Å². The molecule has 3 atom stereocenters. The number of nitrogens with two attached hydrogens (primary N) is 1. The van der Waals surface area contributed by atoms with Gasteiger partial charge in [0.25, 0.3) is 0 Å². The minimum Gasteiger partial charge on any atom is -0.490 e. The molecule has 4 rings (SSSR count). The molecule has 1 aliphatic carbocycles. The Morgan fingerprint density at radius 1 is 1.09 bits per heavy atom. The van der Waals surface area contributed by atoms with Crippen LogP contribution in [0.15, 0.2) is 60.7 Å². The SMILES string of the molecule is CC(C)C[C@@H]1NC(=O)[C@@H](N)Cc2ccc(cc2)OC/C=C\C[C@@H](C(=O)NCC2C=CC=C2)NC1=O. The van der Waals surface area contributed by atoms with Crippen molar-refractivity contribution in [2.24, 2.45) is 17.6 Å². The molecule has 5 N–H and O–H groups in total. The lowest BCUT2D eigenvalue weighted by atomic mass is 10.0. The quantitative estimate of drug-likeness (QED) is 0.479.